The Bertz CT molecular complexity index is 1600. The topological polar surface area (TPSA) is 122 Å². The molecule has 1 amide bonds. The van der Waals surface area contributed by atoms with Crippen molar-refractivity contribution >= 4 is 21.9 Å². The van der Waals surface area contributed by atoms with Crippen LogP contribution in [0, 0.1) is 25.7 Å². The summed E-state index contributed by atoms with van der Waals surface area (Å²) < 4.78 is 36.1. The highest BCUT2D eigenvalue weighted by Crippen LogP contribution is 2.37. The van der Waals surface area contributed by atoms with Crippen molar-refractivity contribution in [1.29, 1.82) is 0 Å². The van der Waals surface area contributed by atoms with Crippen LogP contribution in [0.1, 0.15) is 81.3 Å². The van der Waals surface area contributed by atoms with E-state index in [1.54, 1.807) is 18.2 Å². The number of hydrogen-bond donors (Lipinski definition) is 2. The minimum Gasteiger partial charge on any atom is -0.475 e. The summed E-state index contributed by atoms with van der Waals surface area (Å²) in [4.78, 5) is 25.3. The van der Waals surface area contributed by atoms with Gasteiger partial charge in [-0.25, -0.2) is 18.1 Å². The number of aryl methyl sites for hydroxylation is 2. The molecule has 0 unspecified atom stereocenters. The number of ether oxygens (including phenoxy) is 1. The van der Waals surface area contributed by atoms with Gasteiger partial charge in [0.1, 0.15) is 6.61 Å². The van der Waals surface area contributed by atoms with Gasteiger partial charge in [-0.15, -0.1) is 0 Å². The Hall–Kier alpha value is -3.50. The predicted molar refractivity (Wildman–Crippen MR) is 171 cm³/mol. The minimum atomic E-state index is -4.13. The average Bonchev–Trinajstić information content (AvgIpc) is 2.95. The van der Waals surface area contributed by atoms with Crippen LogP contribution in [-0.4, -0.2) is 58.6 Å². The second-order valence-corrected chi connectivity index (χ2v) is 15.0. The van der Waals surface area contributed by atoms with Gasteiger partial charge < -0.3 is 14.7 Å². The number of amides is 1. The lowest BCUT2D eigenvalue weighted by Crippen LogP contribution is -2.52. The Morgan fingerprint density at radius 3 is 2.32 bits per heavy atom. The number of fused-ring (bicyclic) bond motifs is 4. The van der Waals surface area contributed by atoms with Crippen molar-refractivity contribution in [3.8, 4) is 17.1 Å². The van der Waals surface area contributed by atoms with Gasteiger partial charge in [0.2, 0.25) is 11.8 Å². The summed E-state index contributed by atoms with van der Waals surface area (Å²) >= 11 is 0. The van der Waals surface area contributed by atoms with Gasteiger partial charge in [0.05, 0.1) is 22.2 Å². The normalized spacial score (nSPS) is 22.3. The highest BCUT2D eigenvalue weighted by atomic mass is 32.2. The van der Waals surface area contributed by atoms with Crippen molar-refractivity contribution < 1.29 is 23.1 Å². The Morgan fingerprint density at radius 1 is 1.02 bits per heavy atom. The van der Waals surface area contributed by atoms with Crippen LogP contribution in [0.5, 0.6) is 5.88 Å². The van der Waals surface area contributed by atoms with E-state index in [1.165, 1.54) is 12.1 Å². The van der Waals surface area contributed by atoms with E-state index < -0.39 is 15.6 Å². The van der Waals surface area contributed by atoms with Crippen LogP contribution >= 0.6 is 0 Å². The summed E-state index contributed by atoms with van der Waals surface area (Å²) in [5.74, 6) is 0.316. The summed E-state index contributed by atoms with van der Waals surface area (Å²) in [6.45, 7) is 12.1. The van der Waals surface area contributed by atoms with Crippen molar-refractivity contribution in [2.45, 2.75) is 96.2 Å². The van der Waals surface area contributed by atoms with E-state index in [9.17, 15) is 18.3 Å². The second kappa shape index (κ2) is 12.5. The van der Waals surface area contributed by atoms with Crippen molar-refractivity contribution in [3.05, 3.63) is 65.2 Å². The lowest BCUT2D eigenvalue weighted by molar-refractivity contribution is -0.0175. The zero-order chi connectivity index (χ0) is 31.8. The number of hydrogen-bond acceptors (Lipinski definition) is 7. The molecule has 2 N–H and O–H groups in total. The van der Waals surface area contributed by atoms with Gasteiger partial charge in [-0.05, 0) is 101 Å². The van der Waals surface area contributed by atoms with Crippen LogP contribution in [0.4, 0.5) is 5.95 Å². The zero-order valence-corrected chi connectivity index (χ0v) is 27.3. The highest BCUT2D eigenvalue weighted by molar-refractivity contribution is 7.92. The van der Waals surface area contributed by atoms with Gasteiger partial charge in [0, 0.05) is 23.2 Å². The molecule has 1 aliphatic heterocycles. The van der Waals surface area contributed by atoms with Crippen molar-refractivity contribution in [2.24, 2.45) is 11.8 Å². The molecule has 1 aliphatic carbocycles. The fourth-order valence-corrected chi connectivity index (χ4v) is 7.68. The Labute approximate surface area is 261 Å². The monoisotopic (exact) mass is 620 g/mol. The molecule has 1 aromatic heterocycles. The first-order valence-corrected chi connectivity index (χ1v) is 17.0. The molecule has 5 rings (SSSR count). The van der Waals surface area contributed by atoms with E-state index >= 15 is 0 Å². The molecule has 44 heavy (non-hydrogen) atoms. The Balaban J connectivity index is 1.62. The number of carbonyl (C=O) groups is 1. The maximum atomic E-state index is 14.4. The smallest absolute Gasteiger partial charge is 0.264 e. The van der Waals surface area contributed by atoms with Gasteiger partial charge >= 0.3 is 0 Å². The SMILES string of the molecule is Cc1cccc(C)c1-c1cc2nc(n1)NS(=O)(=O)c1cccc(c1)C(=O)N([C@H]1CC[C@H](C(C)(C)O)CC1)[C@H](CC(C)C)CO2. The fourth-order valence-electron chi connectivity index (χ4n) is 6.69. The van der Waals surface area contributed by atoms with Crippen LogP contribution in [0.25, 0.3) is 11.3 Å². The molecule has 2 aromatic carbocycles. The zero-order valence-electron chi connectivity index (χ0n) is 26.5. The number of nitrogens with one attached hydrogen (secondary N) is 1. The summed E-state index contributed by atoms with van der Waals surface area (Å²) in [5, 5.41) is 10.7. The summed E-state index contributed by atoms with van der Waals surface area (Å²) in [6.07, 6.45) is 3.75. The maximum absolute atomic E-state index is 14.4. The maximum Gasteiger partial charge on any atom is 0.264 e. The van der Waals surface area contributed by atoms with Crippen LogP contribution in [0.2, 0.25) is 0 Å². The van der Waals surface area contributed by atoms with Gasteiger partial charge in [-0.2, -0.15) is 4.98 Å². The van der Waals surface area contributed by atoms with Crippen molar-refractivity contribution in [3.63, 3.8) is 0 Å². The van der Waals surface area contributed by atoms with Crippen molar-refractivity contribution in [1.82, 2.24) is 14.9 Å². The predicted octanol–water partition coefficient (Wildman–Crippen LogP) is 6.14. The molecule has 4 bridgehead atoms. The molecule has 3 aromatic rings. The van der Waals surface area contributed by atoms with Crippen LogP contribution < -0.4 is 9.46 Å². The number of carbonyl (C=O) groups excluding carboxylic acids is 1. The molecule has 1 saturated carbocycles. The third kappa shape index (κ3) is 6.91. The van der Waals surface area contributed by atoms with Crippen molar-refractivity contribution in [2.75, 3.05) is 11.3 Å². The number of nitrogens with zero attached hydrogens (tertiary/aromatic N) is 3. The molecule has 2 heterocycles. The molecule has 2 aliphatic rings. The Kier molecular flexibility index (Phi) is 9.05. The number of aliphatic hydroxyl groups is 1. The molecular weight excluding hydrogens is 576 g/mol. The molecule has 1 atom stereocenters. The van der Waals surface area contributed by atoms with E-state index in [0.29, 0.717) is 17.7 Å². The molecule has 9 nitrogen and oxygen atoms in total. The quantitative estimate of drug-likeness (QED) is 0.351. The number of benzene rings is 2. The van der Waals surface area contributed by atoms with Gasteiger partial charge in [-0.1, -0.05) is 38.1 Å². The third-order valence-electron chi connectivity index (χ3n) is 8.94. The van der Waals surface area contributed by atoms with Gasteiger partial charge in [0.25, 0.3) is 15.9 Å². The van der Waals surface area contributed by atoms with E-state index in [-0.39, 0.29) is 53.2 Å². The van der Waals surface area contributed by atoms with Gasteiger partial charge in [0.15, 0.2) is 0 Å². The number of aromatic nitrogens is 2. The first kappa shape index (κ1) is 31.9. The Morgan fingerprint density at radius 2 is 1.68 bits per heavy atom. The lowest BCUT2D eigenvalue weighted by Gasteiger charge is -2.44. The van der Waals surface area contributed by atoms with E-state index in [0.717, 1.165) is 42.4 Å². The second-order valence-electron chi connectivity index (χ2n) is 13.3. The average molecular weight is 621 g/mol. The first-order chi connectivity index (χ1) is 20.7. The summed E-state index contributed by atoms with van der Waals surface area (Å²) in [5.41, 5.74) is 2.92. The molecule has 0 spiro atoms. The van der Waals surface area contributed by atoms with E-state index in [2.05, 4.69) is 28.5 Å². The molecule has 1 fully saturated rings. The standard InChI is InChI=1S/C34H44N4O5S/c1-21(2)17-27-20-43-30-19-29(31-22(3)9-7-10-23(31)4)35-33(36-30)37-44(41,42)28-12-8-11-24(18-28)32(39)38(27)26-15-13-25(14-16-26)34(5,6)40/h7-12,18-19,21,25-27,40H,13-17,20H2,1-6H3,(H,35,36,37)/t25-,26-,27-/m1/s1. The highest BCUT2D eigenvalue weighted by Gasteiger charge is 2.38. The minimum absolute atomic E-state index is 0.0442. The molecular formula is C34H44N4O5S. The fraction of sp³-hybridized carbons (Fsp3) is 0.500. The molecule has 0 saturated heterocycles. The summed E-state index contributed by atoms with van der Waals surface area (Å²) in [6, 6.07) is 13.5. The van der Waals surface area contributed by atoms with Gasteiger partial charge in [-0.3, -0.25) is 4.79 Å². The first-order valence-electron chi connectivity index (χ1n) is 15.5. The molecule has 0 radical (unpaired) electrons. The van der Waals surface area contributed by atoms with Crippen LogP contribution in [0.15, 0.2) is 53.4 Å². The van der Waals surface area contributed by atoms with E-state index in [4.69, 9.17) is 4.74 Å². The number of sulfonamides is 1. The van der Waals surface area contributed by atoms with Crippen LogP contribution in [0.3, 0.4) is 0 Å². The molecule has 10 heteroatoms. The number of anilines is 1. The largest absolute Gasteiger partial charge is 0.475 e. The van der Waals surface area contributed by atoms with E-state index in [1.807, 2.05) is 50.8 Å². The molecule has 236 valence electrons. The lowest BCUT2D eigenvalue weighted by atomic mass is 9.76. The third-order valence-corrected chi connectivity index (χ3v) is 10.3. The summed E-state index contributed by atoms with van der Waals surface area (Å²) in [7, 11) is -4.13. The van der Waals surface area contributed by atoms with Crippen LogP contribution in [-0.2, 0) is 10.0 Å². The number of rotatable bonds is 5.